The largest absolute Gasteiger partial charge is 0.378 e. The average molecular weight is 264 g/mol. The smallest absolute Gasteiger partial charge is 0.226 e. The molecule has 0 aliphatic carbocycles. The van der Waals surface area contributed by atoms with Crippen LogP contribution in [0.5, 0.6) is 0 Å². The van der Waals surface area contributed by atoms with Gasteiger partial charge in [-0.15, -0.1) is 0 Å². The zero-order valence-electron chi connectivity index (χ0n) is 11.7. The maximum absolute atomic E-state index is 11.5. The molecular weight excluding hydrogens is 244 g/mol. The summed E-state index contributed by atoms with van der Waals surface area (Å²) in [4.78, 5) is 22.6. The molecule has 0 saturated carbocycles. The van der Waals surface area contributed by atoms with Gasteiger partial charge in [0, 0.05) is 19.5 Å². The van der Waals surface area contributed by atoms with Gasteiger partial charge >= 0.3 is 0 Å². The van der Waals surface area contributed by atoms with E-state index in [1.165, 1.54) is 0 Å². The van der Waals surface area contributed by atoms with E-state index in [4.69, 9.17) is 4.74 Å². The van der Waals surface area contributed by atoms with Gasteiger partial charge in [-0.25, -0.2) is 9.97 Å². The van der Waals surface area contributed by atoms with Gasteiger partial charge in [0.2, 0.25) is 11.9 Å². The molecule has 0 atom stereocenters. The van der Waals surface area contributed by atoms with E-state index in [-0.39, 0.29) is 5.91 Å². The van der Waals surface area contributed by atoms with Crippen molar-refractivity contribution in [1.29, 1.82) is 0 Å². The molecule has 0 aromatic carbocycles. The molecule has 1 amide bonds. The molecule has 6 nitrogen and oxygen atoms in total. The summed E-state index contributed by atoms with van der Waals surface area (Å²) >= 11 is 0. The van der Waals surface area contributed by atoms with Crippen LogP contribution < -0.4 is 10.2 Å². The third-order valence-electron chi connectivity index (χ3n) is 3.14. The van der Waals surface area contributed by atoms with Crippen LogP contribution in [0, 0.1) is 13.8 Å². The van der Waals surface area contributed by atoms with Crippen molar-refractivity contribution in [3.8, 4) is 0 Å². The molecule has 1 N–H and O–H groups in total. The number of hydrogen-bond acceptors (Lipinski definition) is 5. The van der Waals surface area contributed by atoms with Gasteiger partial charge in [-0.1, -0.05) is 6.92 Å². The molecule has 2 heterocycles. The number of nitrogens with zero attached hydrogens (tertiary/aromatic N) is 3. The summed E-state index contributed by atoms with van der Waals surface area (Å²) in [5.41, 5.74) is 2.33. The van der Waals surface area contributed by atoms with Crippen LogP contribution in [0.2, 0.25) is 0 Å². The first-order chi connectivity index (χ1) is 9.11. The molecule has 1 aromatic rings. The Morgan fingerprint density at radius 3 is 2.37 bits per heavy atom. The van der Waals surface area contributed by atoms with E-state index in [2.05, 4.69) is 20.2 Å². The highest BCUT2D eigenvalue weighted by Gasteiger charge is 2.17. The van der Waals surface area contributed by atoms with Crippen LogP contribution >= 0.6 is 0 Å². The molecule has 0 unspecified atom stereocenters. The monoisotopic (exact) mass is 264 g/mol. The second kappa shape index (κ2) is 5.97. The molecule has 6 heteroatoms. The van der Waals surface area contributed by atoms with Crippen LogP contribution in [0.4, 0.5) is 11.6 Å². The predicted octanol–water partition coefficient (Wildman–Crippen LogP) is 1.28. The average Bonchev–Trinajstić information content (AvgIpc) is 2.43. The van der Waals surface area contributed by atoms with Gasteiger partial charge in [-0.3, -0.25) is 4.79 Å². The Labute approximate surface area is 113 Å². The molecule has 0 bridgehead atoms. The lowest BCUT2D eigenvalue weighted by Gasteiger charge is -2.27. The number of hydrogen-bond donors (Lipinski definition) is 1. The van der Waals surface area contributed by atoms with Crippen molar-refractivity contribution in [2.75, 3.05) is 36.5 Å². The third kappa shape index (κ3) is 3.20. The van der Waals surface area contributed by atoms with Crippen molar-refractivity contribution in [1.82, 2.24) is 9.97 Å². The summed E-state index contributed by atoms with van der Waals surface area (Å²) < 4.78 is 5.32. The summed E-state index contributed by atoms with van der Waals surface area (Å²) in [6.45, 7) is 8.63. The van der Waals surface area contributed by atoms with Gasteiger partial charge in [-0.2, -0.15) is 0 Å². The molecule has 1 aliphatic rings. The molecule has 2 rings (SSSR count). The second-order valence-corrected chi connectivity index (χ2v) is 4.57. The third-order valence-corrected chi connectivity index (χ3v) is 3.14. The Morgan fingerprint density at radius 2 is 1.84 bits per heavy atom. The van der Waals surface area contributed by atoms with E-state index in [1.54, 1.807) is 0 Å². The number of carbonyl (C=O) groups excluding carboxylic acids is 1. The number of aromatic nitrogens is 2. The Hall–Kier alpha value is -1.69. The minimum absolute atomic E-state index is 0.0195. The topological polar surface area (TPSA) is 67.4 Å². The fourth-order valence-corrected chi connectivity index (χ4v) is 2.01. The molecule has 104 valence electrons. The zero-order chi connectivity index (χ0) is 13.8. The summed E-state index contributed by atoms with van der Waals surface area (Å²) in [5.74, 6) is 0.696. The van der Waals surface area contributed by atoms with Gasteiger partial charge in [0.15, 0.2) is 0 Å². The van der Waals surface area contributed by atoms with E-state index in [0.29, 0.717) is 25.6 Å². The lowest BCUT2D eigenvalue weighted by molar-refractivity contribution is -0.115. The predicted molar refractivity (Wildman–Crippen MR) is 73.5 cm³/mol. The quantitative estimate of drug-likeness (QED) is 0.890. The van der Waals surface area contributed by atoms with Crippen LogP contribution in [0.1, 0.15) is 24.7 Å². The van der Waals surface area contributed by atoms with E-state index in [0.717, 1.165) is 30.2 Å². The number of amides is 1. The summed E-state index contributed by atoms with van der Waals surface area (Å²) in [5, 5.41) is 2.85. The van der Waals surface area contributed by atoms with E-state index < -0.39 is 0 Å². The van der Waals surface area contributed by atoms with Crippen molar-refractivity contribution in [3.63, 3.8) is 0 Å². The Kier molecular flexibility index (Phi) is 4.31. The number of morpholine rings is 1. The van der Waals surface area contributed by atoms with E-state index in [9.17, 15) is 4.79 Å². The van der Waals surface area contributed by atoms with Gasteiger partial charge in [-0.05, 0) is 13.8 Å². The molecule has 1 aliphatic heterocycles. The number of carbonyl (C=O) groups is 1. The minimum Gasteiger partial charge on any atom is -0.378 e. The highest BCUT2D eigenvalue weighted by Crippen LogP contribution is 2.21. The second-order valence-electron chi connectivity index (χ2n) is 4.57. The van der Waals surface area contributed by atoms with Crippen molar-refractivity contribution in [2.45, 2.75) is 27.2 Å². The standard InChI is InChI=1S/C13H20N4O2/c1-4-11(18)16-12-9(2)14-13(15-10(12)3)17-5-7-19-8-6-17/h4-8H2,1-3H3,(H,16,18). The number of anilines is 2. The van der Waals surface area contributed by atoms with Crippen molar-refractivity contribution in [2.24, 2.45) is 0 Å². The zero-order valence-corrected chi connectivity index (χ0v) is 11.7. The van der Waals surface area contributed by atoms with Gasteiger partial charge in [0.05, 0.1) is 30.3 Å². The van der Waals surface area contributed by atoms with Gasteiger partial charge < -0.3 is 15.0 Å². The fraction of sp³-hybridized carbons (Fsp3) is 0.615. The highest BCUT2D eigenvalue weighted by atomic mass is 16.5. The number of nitrogens with one attached hydrogen (secondary N) is 1. The minimum atomic E-state index is -0.0195. The Balaban J connectivity index is 2.22. The Bertz CT molecular complexity index is 447. The lowest BCUT2D eigenvalue weighted by atomic mass is 10.2. The first kappa shape index (κ1) is 13.7. The van der Waals surface area contributed by atoms with Gasteiger partial charge in [0.25, 0.3) is 0 Å². The SMILES string of the molecule is CCC(=O)Nc1c(C)nc(N2CCOCC2)nc1C. The molecule has 19 heavy (non-hydrogen) atoms. The molecular formula is C13H20N4O2. The number of aryl methyl sites for hydroxylation is 2. The summed E-state index contributed by atoms with van der Waals surface area (Å²) in [6, 6.07) is 0. The molecule has 1 saturated heterocycles. The molecule has 0 radical (unpaired) electrons. The molecule has 1 aromatic heterocycles. The summed E-state index contributed by atoms with van der Waals surface area (Å²) in [7, 11) is 0. The van der Waals surface area contributed by atoms with Crippen LogP contribution in [0.15, 0.2) is 0 Å². The van der Waals surface area contributed by atoms with E-state index in [1.807, 2.05) is 20.8 Å². The van der Waals surface area contributed by atoms with Crippen LogP contribution in [-0.2, 0) is 9.53 Å². The first-order valence-corrected chi connectivity index (χ1v) is 6.59. The number of rotatable bonds is 3. The van der Waals surface area contributed by atoms with E-state index >= 15 is 0 Å². The van der Waals surface area contributed by atoms with Crippen molar-refractivity contribution in [3.05, 3.63) is 11.4 Å². The normalized spacial score (nSPS) is 15.4. The van der Waals surface area contributed by atoms with Crippen LogP contribution in [0.25, 0.3) is 0 Å². The summed E-state index contributed by atoms with van der Waals surface area (Å²) in [6.07, 6.45) is 0.449. The highest BCUT2D eigenvalue weighted by molar-refractivity contribution is 5.91. The van der Waals surface area contributed by atoms with Crippen LogP contribution in [-0.4, -0.2) is 42.2 Å². The first-order valence-electron chi connectivity index (χ1n) is 6.59. The molecule has 0 spiro atoms. The maximum Gasteiger partial charge on any atom is 0.226 e. The lowest BCUT2D eigenvalue weighted by Crippen LogP contribution is -2.37. The Morgan fingerprint density at radius 1 is 1.26 bits per heavy atom. The van der Waals surface area contributed by atoms with Crippen molar-refractivity contribution >= 4 is 17.5 Å². The van der Waals surface area contributed by atoms with Crippen LogP contribution in [0.3, 0.4) is 0 Å². The number of ether oxygens (including phenoxy) is 1. The molecule has 1 fully saturated rings. The fourth-order valence-electron chi connectivity index (χ4n) is 2.01. The van der Waals surface area contributed by atoms with Gasteiger partial charge in [0.1, 0.15) is 0 Å². The maximum atomic E-state index is 11.5. The van der Waals surface area contributed by atoms with Crippen molar-refractivity contribution < 1.29 is 9.53 Å².